The molecule has 0 aliphatic carbocycles. The van der Waals surface area contributed by atoms with Gasteiger partial charge in [-0.05, 0) is 30.3 Å². The molecular weight excluding hydrogens is 374 g/mol. The molecule has 0 heterocycles. The fourth-order valence-corrected chi connectivity index (χ4v) is 2.98. The zero-order valence-electron chi connectivity index (χ0n) is 10.1. The summed E-state index contributed by atoms with van der Waals surface area (Å²) >= 11 is 6.72. The summed E-state index contributed by atoms with van der Waals surface area (Å²) in [5.41, 5.74) is 1.20. The summed E-state index contributed by atoms with van der Waals surface area (Å²) in [5, 5.41) is 9.45. The second-order valence-corrected chi connectivity index (χ2v) is 5.87. The second kappa shape index (κ2) is 5.75. The summed E-state index contributed by atoms with van der Waals surface area (Å²) in [7, 11) is 1.67. The molecule has 0 atom stereocenters. The first kappa shape index (κ1) is 14.1. The fourth-order valence-electron chi connectivity index (χ4n) is 1.69. The molecule has 0 radical (unpaired) electrons. The quantitative estimate of drug-likeness (QED) is 0.843. The van der Waals surface area contributed by atoms with E-state index in [9.17, 15) is 9.90 Å². The van der Waals surface area contributed by atoms with E-state index >= 15 is 0 Å². The van der Waals surface area contributed by atoms with Gasteiger partial charge in [0.25, 0.3) is 5.91 Å². The molecule has 2 rings (SSSR count). The van der Waals surface area contributed by atoms with Crippen LogP contribution in [0.3, 0.4) is 0 Å². The highest BCUT2D eigenvalue weighted by molar-refractivity contribution is 9.11. The van der Waals surface area contributed by atoms with Crippen molar-refractivity contribution in [2.24, 2.45) is 0 Å². The maximum Gasteiger partial charge on any atom is 0.258 e. The lowest BCUT2D eigenvalue weighted by Gasteiger charge is -2.18. The number of phenols is 1. The number of carbonyl (C=O) groups excluding carboxylic acids is 1. The molecule has 19 heavy (non-hydrogen) atoms. The van der Waals surface area contributed by atoms with Crippen LogP contribution < -0.4 is 4.90 Å². The molecule has 0 saturated heterocycles. The van der Waals surface area contributed by atoms with E-state index in [0.29, 0.717) is 11.3 Å². The Bertz CT molecular complexity index is 608. The van der Waals surface area contributed by atoms with Crippen LogP contribution in [-0.4, -0.2) is 18.1 Å². The van der Waals surface area contributed by atoms with E-state index < -0.39 is 0 Å². The Morgan fingerprint density at radius 1 is 1.11 bits per heavy atom. The second-order valence-electron chi connectivity index (χ2n) is 4.04. The molecule has 0 aromatic heterocycles. The Labute approximate surface area is 128 Å². The van der Waals surface area contributed by atoms with Crippen LogP contribution in [0.25, 0.3) is 0 Å². The van der Waals surface area contributed by atoms with Gasteiger partial charge in [-0.25, -0.2) is 0 Å². The van der Waals surface area contributed by atoms with Gasteiger partial charge in [-0.3, -0.25) is 4.79 Å². The average molecular weight is 385 g/mol. The van der Waals surface area contributed by atoms with Gasteiger partial charge in [0.1, 0.15) is 5.75 Å². The molecule has 2 aromatic rings. The molecule has 5 heteroatoms. The van der Waals surface area contributed by atoms with Crippen molar-refractivity contribution in [1.82, 2.24) is 0 Å². The predicted molar refractivity (Wildman–Crippen MR) is 82.7 cm³/mol. The molecule has 0 aliphatic heterocycles. The number of aromatic hydroxyl groups is 1. The van der Waals surface area contributed by atoms with Gasteiger partial charge in [-0.1, -0.05) is 37.9 Å². The van der Waals surface area contributed by atoms with E-state index in [0.717, 1.165) is 8.95 Å². The van der Waals surface area contributed by atoms with Gasteiger partial charge in [-0.2, -0.15) is 0 Å². The molecule has 0 unspecified atom stereocenters. The lowest BCUT2D eigenvalue weighted by molar-refractivity contribution is 0.0993. The van der Waals surface area contributed by atoms with Gasteiger partial charge < -0.3 is 10.0 Å². The Hall–Kier alpha value is -1.33. The van der Waals surface area contributed by atoms with Crippen LogP contribution in [0.5, 0.6) is 5.75 Å². The highest BCUT2D eigenvalue weighted by Crippen LogP contribution is 2.24. The van der Waals surface area contributed by atoms with Gasteiger partial charge in [0.05, 0.1) is 0 Å². The highest BCUT2D eigenvalue weighted by Gasteiger charge is 2.14. The van der Waals surface area contributed by atoms with Crippen molar-refractivity contribution in [3.63, 3.8) is 0 Å². The third kappa shape index (κ3) is 3.36. The van der Waals surface area contributed by atoms with Crippen molar-refractivity contribution >= 4 is 43.5 Å². The van der Waals surface area contributed by atoms with E-state index in [1.54, 1.807) is 43.4 Å². The predicted octanol–water partition coefficient (Wildman–Crippen LogP) is 4.19. The standard InChI is InChI=1S/C14H11Br2NO2/c1-17(12-3-2-4-13(18)8-12)14(19)9-5-10(15)7-11(16)6-9/h2-8,18H,1H3. The molecule has 0 spiro atoms. The number of rotatable bonds is 2. The van der Waals surface area contributed by atoms with Gasteiger partial charge in [0.2, 0.25) is 0 Å². The van der Waals surface area contributed by atoms with Crippen molar-refractivity contribution in [2.75, 3.05) is 11.9 Å². The summed E-state index contributed by atoms with van der Waals surface area (Å²) in [4.78, 5) is 13.9. The number of phenolic OH excluding ortho intramolecular Hbond substituents is 1. The van der Waals surface area contributed by atoms with Crippen molar-refractivity contribution < 1.29 is 9.90 Å². The first-order valence-corrected chi connectivity index (χ1v) is 7.09. The lowest BCUT2D eigenvalue weighted by Crippen LogP contribution is -2.26. The molecule has 0 fully saturated rings. The van der Waals surface area contributed by atoms with Crippen LogP contribution in [0.2, 0.25) is 0 Å². The van der Waals surface area contributed by atoms with Crippen molar-refractivity contribution in [1.29, 1.82) is 0 Å². The molecular formula is C14H11Br2NO2. The molecule has 0 bridgehead atoms. The van der Waals surface area contributed by atoms with E-state index in [1.165, 1.54) is 4.90 Å². The van der Waals surface area contributed by atoms with Crippen LogP contribution in [0, 0.1) is 0 Å². The number of halogens is 2. The summed E-state index contributed by atoms with van der Waals surface area (Å²) < 4.78 is 1.66. The van der Waals surface area contributed by atoms with E-state index in [2.05, 4.69) is 31.9 Å². The minimum atomic E-state index is -0.146. The minimum Gasteiger partial charge on any atom is -0.508 e. The van der Waals surface area contributed by atoms with Crippen LogP contribution in [0.4, 0.5) is 5.69 Å². The summed E-state index contributed by atoms with van der Waals surface area (Å²) in [6.45, 7) is 0. The van der Waals surface area contributed by atoms with Gasteiger partial charge in [0.15, 0.2) is 0 Å². The lowest BCUT2D eigenvalue weighted by atomic mass is 10.2. The Morgan fingerprint density at radius 2 is 1.74 bits per heavy atom. The molecule has 0 saturated carbocycles. The van der Waals surface area contributed by atoms with Crippen molar-refractivity contribution in [3.8, 4) is 5.75 Å². The Morgan fingerprint density at radius 3 is 2.32 bits per heavy atom. The normalized spacial score (nSPS) is 10.3. The van der Waals surface area contributed by atoms with Crippen molar-refractivity contribution in [2.45, 2.75) is 0 Å². The number of anilines is 1. The highest BCUT2D eigenvalue weighted by atomic mass is 79.9. The van der Waals surface area contributed by atoms with Crippen molar-refractivity contribution in [3.05, 3.63) is 57.0 Å². The largest absolute Gasteiger partial charge is 0.508 e. The SMILES string of the molecule is CN(C(=O)c1cc(Br)cc(Br)c1)c1cccc(O)c1. The fraction of sp³-hybridized carbons (Fsp3) is 0.0714. The maximum absolute atomic E-state index is 12.4. The zero-order valence-corrected chi connectivity index (χ0v) is 13.3. The number of amides is 1. The third-order valence-corrected chi connectivity index (χ3v) is 3.55. The number of carbonyl (C=O) groups is 1. The third-order valence-electron chi connectivity index (χ3n) is 2.63. The van der Waals surface area contributed by atoms with E-state index in [1.807, 2.05) is 6.07 Å². The number of benzene rings is 2. The first-order chi connectivity index (χ1) is 8.97. The van der Waals surface area contributed by atoms with Gasteiger partial charge in [0, 0.05) is 33.3 Å². The summed E-state index contributed by atoms with van der Waals surface area (Å²) in [6.07, 6.45) is 0. The summed E-state index contributed by atoms with van der Waals surface area (Å²) in [6, 6.07) is 12.0. The maximum atomic E-state index is 12.4. The Kier molecular flexibility index (Phi) is 4.27. The van der Waals surface area contributed by atoms with Gasteiger partial charge >= 0.3 is 0 Å². The van der Waals surface area contributed by atoms with Crippen LogP contribution in [-0.2, 0) is 0 Å². The number of hydrogen-bond acceptors (Lipinski definition) is 2. The minimum absolute atomic E-state index is 0.132. The average Bonchev–Trinajstić information content (AvgIpc) is 2.36. The van der Waals surface area contributed by atoms with Gasteiger partial charge in [-0.15, -0.1) is 0 Å². The molecule has 0 aliphatic rings. The molecule has 1 amide bonds. The first-order valence-electron chi connectivity index (χ1n) is 5.50. The number of hydrogen-bond donors (Lipinski definition) is 1. The zero-order chi connectivity index (χ0) is 14.0. The molecule has 98 valence electrons. The van der Waals surface area contributed by atoms with Crippen LogP contribution in [0.15, 0.2) is 51.4 Å². The molecule has 3 nitrogen and oxygen atoms in total. The van der Waals surface area contributed by atoms with E-state index in [-0.39, 0.29) is 11.7 Å². The monoisotopic (exact) mass is 383 g/mol. The number of nitrogens with zero attached hydrogens (tertiary/aromatic N) is 1. The van der Waals surface area contributed by atoms with E-state index in [4.69, 9.17) is 0 Å². The summed E-state index contributed by atoms with van der Waals surface area (Å²) in [5.74, 6) is -0.0137. The smallest absolute Gasteiger partial charge is 0.258 e. The molecule has 2 aromatic carbocycles. The topological polar surface area (TPSA) is 40.5 Å². The van der Waals surface area contributed by atoms with Crippen LogP contribution >= 0.6 is 31.9 Å². The Balaban J connectivity index is 2.33. The van der Waals surface area contributed by atoms with Crippen LogP contribution in [0.1, 0.15) is 10.4 Å². The molecule has 1 N–H and O–H groups in total.